The smallest absolute Gasteiger partial charge is 0.231 e. The first-order valence-corrected chi connectivity index (χ1v) is 8.24. The van der Waals surface area contributed by atoms with E-state index in [1.807, 2.05) is 31.2 Å². The van der Waals surface area contributed by atoms with E-state index < -0.39 is 0 Å². The number of fused-ring (bicyclic) bond motifs is 1. The van der Waals surface area contributed by atoms with Crippen molar-refractivity contribution in [3.63, 3.8) is 0 Å². The number of aryl methyl sites for hydroxylation is 1. The number of halogens is 1. The molecular formula is C19H17FN6O. The zero-order valence-electron chi connectivity index (χ0n) is 14.8. The van der Waals surface area contributed by atoms with Crippen LogP contribution in [0.2, 0.25) is 0 Å². The molecule has 2 aromatic heterocycles. The van der Waals surface area contributed by atoms with Crippen molar-refractivity contribution < 1.29 is 9.13 Å². The molecule has 0 unspecified atom stereocenters. The Morgan fingerprint density at radius 3 is 2.56 bits per heavy atom. The highest BCUT2D eigenvalue weighted by Crippen LogP contribution is 2.24. The van der Waals surface area contributed by atoms with Crippen LogP contribution >= 0.6 is 0 Å². The van der Waals surface area contributed by atoms with Crippen LogP contribution in [0.1, 0.15) is 5.82 Å². The van der Waals surface area contributed by atoms with Crippen LogP contribution in [-0.2, 0) is 0 Å². The van der Waals surface area contributed by atoms with Crippen molar-refractivity contribution in [3.05, 3.63) is 60.2 Å². The van der Waals surface area contributed by atoms with Gasteiger partial charge in [0, 0.05) is 17.8 Å². The number of imidazole rings is 1. The van der Waals surface area contributed by atoms with Gasteiger partial charge in [0.2, 0.25) is 5.95 Å². The van der Waals surface area contributed by atoms with Gasteiger partial charge >= 0.3 is 0 Å². The zero-order chi connectivity index (χ0) is 19.0. The van der Waals surface area contributed by atoms with E-state index in [4.69, 9.17) is 10.5 Å². The lowest BCUT2D eigenvalue weighted by atomic mass is 10.3. The van der Waals surface area contributed by atoms with Gasteiger partial charge in [-0.1, -0.05) is 0 Å². The summed E-state index contributed by atoms with van der Waals surface area (Å²) < 4.78 is 20.6. The number of nitrogens with two attached hydrogens (primary N) is 1. The molecule has 8 heteroatoms. The molecule has 0 aliphatic carbocycles. The first kappa shape index (κ1) is 16.8. The van der Waals surface area contributed by atoms with E-state index >= 15 is 0 Å². The largest absolute Gasteiger partial charge is 0.497 e. The molecule has 2 aromatic carbocycles. The second kappa shape index (κ2) is 6.56. The maximum absolute atomic E-state index is 13.7. The van der Waals surface area contributed by atoms with E-state index in [-0.39, 0.29) is 11.6 Å². The fourth-order valence-electron chi connectivity index (χ4n) is 2.88. The van der Waals surface area contributed by atoms with Gasteiger partial charge in [0.15, 0.2) is 0 Å². The summed E-state index contributed by atoms with van der Waals surface area (Å²) in [6.07, 6.45) is 0. The summed E-state index contributed by atoms with van der Waals surface area (Å²) in [6, 6.07) is 13.4. The van der Waals surface area contributed by atoms with E-state index in [1.165, 1.54) is 12.1 Å². The summed E-state index contributed by atoms with van der Waals surface area (Å²) in [5, 5.41) is 3.11. The quantitative estimate of drug-likeness (QED) is 0.575. The molecule has 0 atom stereocenters. The molecule has 0 bridgehead atoms. The summed E-state index contributed by atoms with van der Waals surface area (Å²) in [6.45, 7) is 1.83. The molecule has 0 fully saturated rings. The summed E-state index contributed by atoms with van der Waals surface area (Å²) >= 11 is 0. The van der Waals surface area contributed by atoms with Crippen LogP contribution in [0, 0.1) is 12.7 Å². The minimum atomic E-state index is -0.345. The molecule has 0 aliphatic heterocycles. The molecule has 0 radical (unpaired) electrons. The number of nitrogens with zero attached hydrogens (tertiary/aromatic N) is 4. The standard InChI is InChI=1S/C19H17FN6O/c1-11-22-15-8-3-12(20)9-16(15)26(11)18-10-17(21)24-19(25-18)23-13-4-6-14(27-2)7-5-13/h3-10H,1-2H3,(H3,21,23,24,25). The lowest BCUT2D eigenvalue weighted by molar-refractivity contribution is 0.415. The van der Waals surface area contributed by atoms with Crippen molar-refractivity contribution in [1.29, 1.82) is 0 Å². The lowest BCUT2D eigenvalue weighted by Gasteiger charge is -2.11. The van der Waals surface area contributed by atoms with Gasteiger partial charge in [-0.05, 0) is 43.3 Å². The highest BCUT2D eigenvalue weighted by atomic mass is 19.1. The Balaban J connectivity index is 1.76. The van der Waals surface area contributed by atoms with E-state index in [2.05, 4.69) is 20.3 Å². The number of rotatable bonds is 4. The predicted octanol–water partition coefficient (Wildman–Crippen LogP) is 3.60. The number of ether oxygens (including phenoxy) is 1. The molecule has 0 aliphatic rings. The normalized spacial score (nSPS) is 10.9. The van der Waals surface area contributed by atoms with Crippen LogP contribution in [0.15, 0.2) is 48.5 Å². The zero-order valence-corrected chi connectivity index (χ0v) is 14.8. The van der Waals surface area contributed by atoms with Crippen molar-refractivity contribution in [1.82, 2.24) is 19.5 Å². The maximum atomic E-state index is 13.7. The van der Waals surface area contributed by atoms with E-state index in [0.717, 1.165) is 11.4 Å². The molecule has 0 spiro atoms. The summed E-state index contributed by atoms with van der Waals surface area (Å²) in [5.74, 6) is 2.19. The van der Waals surface area contributed by atoms with Gasteiger partial charge in [0.25, 0.3) is 0 Å². The Labute approximate surface area is 154 Å². The molecular weight excluding hydrogens is 347 g/mol. The van der Waals surface area contributed by atoms with Crippen LogP contribution < -0.4 is 15.8 Å². The van der Waals surface area contributed by atoms with Crippen LogP contribution in [-0.4, -0.2) is 26.6 Å². The highest BCUT2D eigenvalue weighted by molar-refractivity contribution is 5.78. The van der Waals surface area contributed by atoms with Gasteiger partial charge < -0.3 is 15.8 Å². The topological polar surface area (TPSA) is 90.9 Å². The number of methoxy groups -OCH3 is 1. The Bertz CT molecular complexity index is 1120. The number of hydrogen-bond donors (Lipinski definition) is 2. The van der Waals surface area contributed by atoms with Crippen molar-refractivity contribution in [2.45, 2.75) is 6.92 Å². The third-order valence-corrected chi connectivity index (χ3v) is 4.09. The average molecular weight is 364 g/mol. The average Bonchev–Trinajstić information content (AvgIpc) is 2.97. The Morgan fingerprint density at radius 2 is 1.81 bits per heavy atom. The second-order valence-corrected chi connectivity index (χ2v) is 5.96. The van der Waals surface area contributed by atoms with Gasteiger partial charge in [0.1, 0.15) is 29.0 Å². The highest BCUT2D eigenvalue weighted by Gasteiger charge is 2.13. The number of nitrogen functional groups attached to an aromatic ring is 1. The van der Waals surface area contributed by atoms with Gasteiger partial charge in [0.05, 0.1) is 18.1 Å². The van der Waals surface area contributed by atoms with Crippen LogP contribution in [0.5, 0.6) is 5.75 Å². The van der Waals surface area contributed by atoms with Crippen molar-refractivity contribution in [2.75, 3.05) is 18.2 Å². The van der Waals surface area contributed by atoms with E-state index in [0.29, 0.717) is 28.6 Å². The Kier molecular flexibility index (Phi) is 4.08. The first-order valence-electron chi connectivity index (χ1n) is 8.24. The lowest BCUT2D eigenvalue weighted by Crippen LogP contribution is -2.07. The molecule has 3 N–H and O–H groups in total. The monoisotopic (exact) mass is 364 g/mol. The van der Waals surface area contributed by atoms with Gasteiger partial charge in [-0.15, -0.1) is 0 Å². The molecule has 0 saturated carbocycles. The number of hydrogen-bond acceptors (Lipinski definition) is 6. The van der Waals surface area contributed by atoms with Gasteiger partial charge in [-0.2, -0.15) is 9.97 Å². The third kappa shape index (κ3) is 3.24. The minimum Gasteiger partial charge on any atom is -0.497 e. The molecule has 27 heavy (non-hydrogen) atoms. The SMILES string of the molecule is COc1ccc(Nc2nc(N)cc(-n3c(C)nc4ccc(F)cc43)n2)cc1. The Hall–Kier alpha value is -3.68. The van der Waals surface area contributed by atoms with Gasteiger partial charge in [-0.3, -0.25) is 4.57 Å². The Morgan fingerprint density at radius 1 is 1.04 bits per heavy atom. The van der Waals surface area contributed by atoms with E-state index in [1.54, 1.807) is 23.8 Å². The molecule has 0 amide bonds. The fourth-order valence-corrected chi connectivity index (χ4v) is 2.88. The molecule has 7 nitrogen and oxygen atoms in total. The number of nitrogens with one attached hydrogen (secondary N) is 1. The molecule has 4 aromatic rings. The second-order valence-electron chi connectivity index (χ2n) is 5.96. The summed E-state index contributed by atoms with van der Waals surface area (Å²) in [7, 11) is 1.61. The fraction of sp³-hybridized carbons (Fsp3) is 0.105. The molecule has 0 saturated heterocycles. The van der Waals surface area contributed by atoms with Crippen molar-refractivity contribution in [2.24, 2.45) is 0 Å². The minimum absolute atomic E-state index is 0.286. The van der Waals surface area contributed by atoms with Crippen LogP contribution in [0.25, 0.3) is 16.9 Å². The van der Waals surface area contributed by atoms with Crippen LogP contribution in [0.4, 0.5) is 21.8 Å². The van der Waals surface area contributed by atoms with Crippen LogP contribution in [0.3, 0.4) is 0 Å². The summed E-state index contributed by atoms with van der Waals surface area (Å²) in [4.78, 5) is 13.2. The predicted molar refractivity (Wildman–Crippen MR) is 102 cm³/mol. The third-order valence-electron chi connectivity index (χ3n) is 4.09. The van der Waals surface area contributed by atoms with E-state index in [9.17, 15) is 4.39 Å². The number of anilines is 3. The molecule has 136 valence electrons. The molecule has 4 rings (SSSR count). The summed E-state index contributed by atoms with van der Waals surface area (Å²) in [5.41, 5.74) is 8.04. The van der Waals surface area contributed by atoms with Gasteiger partial charge in [-0.25, -0.2) is 9.37 Å². The van der Waals surface area contributed by atoms with Crippen molar-refractivity contribution >= 4 is 28.5 Å². The van der Waals surface area contributed by atoms with Crippen molar-refractivity contribution in [3.8, 4) is 11.6 Å². The molecule has 2 heterocycles. The first-order chi connectivity index (χ1) is 13.0. The maximum Gasteiger partial charge on any atom is 0.231 e. The number of benzene rings is 2. The number of aromatic nitrogens is 4.